The second-order valence-electron chi connectivity index (χ2n) is 6.57. The maximum atomic E-state index is 12.5. The van der Waals surface area contributed by atoms with Crippen molar-refractivity contribution in [3.05, 3.63) is 89.8 Å². The quantitative estimate of drug-likeness (QED) is 0.868. The van der Waals surface area contributed by atoms with Crippen molar-refractivity contribution in [2.24, 2.45) is 0 Å². The van der Waals surface area contributed by atoms with Crippen LogP contribution in [0.15, 0.2) is 78.7 Å². The molecule has 0 fully saturated rings. The molecule has 0 radical (unpaired) electrons. The lowest BCUT2D eigenvalue weighted by molar-refractivity contribution is 0.102. The Kier molecular flexibility index (Phi) is 4.42. The van der Waals surface area contributed by atoms with Gasteiger partial charge in [-0.1, -0.05) is 12.1 Å². The first-order valence-corrected chi connectivity index (χ1v) is 8.81. The molecule has 2 aromatic rings. The molecule has 0 spiro atoms. The molecule has 2 aliphatic heterocycles. The van der Waals surface area contributed by atoms with Gasteiger partial charge in [0, 0.05) is 29.2 Å². The molecule has 0 aliphatic carbocycles. The van der Waals surface area contributed by atoms with Crippen LogP contribution in [0, 0.1) is 0 Å². The van der Waals surface area contributed by atoms with Gasteiger partial charge in [-0.25, -0.2) is 0 Å². The Morgan fingerprint density at radius 2 is 2.00 bits per heavy atom. The zero-order valence-electron chi connectivity index (χ0n) is 15.3. The first-order chi connectivity index (χ1) is 13.1. The van der Waals surface area contributed by atoms with Gasteiger partial charge in [0.2, 0.25) is 0 Å². The van der Waals surface area contributed by atoms with Gasteiger partial charge in [-0.15, -0.1) is 0 Å². The minimum Gasteiger partial charge on any atom is -0.497 e. The van der Waals surface area contributed by atoms with Gasteiger partial charge >= 0.3 is 0 Å². The van der Waals surface area contributed by atoms with E-state index in [2.05, 4.69) is 47.0 Å². The first-order valence-electron chi connectivity index (χ1n) is 8.81. The SMILES string of the molecule is COc1ccc(C(=O)Nc2cccc(C3=CN4C=CC(C)=CC4N3)c2)cc1. The Labute approximate surface area is 158 Å². The molecule has 0 bridgehead atoms. The molecular weight excluding hydrogens is 338 g/mol. The van der Waals surface area contributed by atoms with E-state index >= 15 is 0 Å². The fourth-order valence-electron chi connectivity index (χ4n) is 3.14. The lowest BCUT2D eigenvalue weighted by Crippen LogP contribution is -2.32. The van der Waals surface area contributed by atoms with Gasteiger partial charge in [0.1, 0.15) is 11.9 Å². The Bertz CT molecular complexity index is 958. The molecule has 1 amide bonds. The van der Waals surface area contributed by atoms with Crippen LogP contribution in [0.2, 0.25) is 0 Å². The number of nitrogens with one attached hydrogen (secondary N) is 2. The number of ether oxygens (including phenoxy) is 1. The Morgan fingerprint density at radius 1 is 1.19 bits per heavy atom. The number of hydrogen-bond acceptors (Lipinski definition) is 4. The van der Waals surface area contributed by atoms with Gasteiger partial charge in [-0.3, -0.25) is 4.79 Å². The molecule has 5 nitrogen and oxygen atoms in total. The largest absolute Gasteiger partial charge is 0.497 e. The molecule has 2 N–H and O–H groups in total. The number of hydrogen-bond donors (Lipinski definition) is 2. The molecule has 4 rings (SSSR count). The van der Waals surface area contributed by atoms with E-state index in [0.717, 1.165) is 22.7 Å². The number of nitrogens with zero attached hydrogens (tertiary/aromatic N) is 1. The van der Waals surface area contributed by atoms with Gasteiger partial charge in [0.15, 0.2) is 0 Å². The molecule has 27 heavy (non-hydrogen) atoms. The number of anilines is 1. The van der Waals surface area contributed by atoms with Crippen molar-refractivity contribution in [3.8, 4) is 5.75 Å². The van der Waals surface area contributed by atoms with E-state index in [-0.39, 0.29) is 12.1 Å². The third-order valence-corrected chi connectivity index (χ3v) is 4.62. The van der Waals surface area contributed by atoms with E-state index in [0.29, 0.717) is 5.56 Å². The highest BCUT2D eigenvalue weighted by atomic mass is 16.5. The smallest absolute Gasteiger partial charge is 0.255 e. The molecule has 0 saturated heterocycles. The summed E-state index contributed by atoms with van der Waals surface area (Å²) >= 11 is 0. The van der Waals surface area contributed by atoms with E-state index in [4.69, 9.17) is 4.74 Å². The van der Waals surface area contributed by atoms with Gasteiger partial charge in [0.25, 0.3) is 5.91 Å². The number of allylic oxidation sites excluding steroid dienone is 2. The molecule has 1 unspecified atom stereocenters. The topological polar surface area (TPSA) is 53.6 Å². The normalized spacial score (nSPS) is 17.6. The summed E-state index contributed by atoms with van der Waals surface area (Å²) in [7, 11) is 1.60. The van der Waals surface area contributed by atoms with Crippen molar-refractivity contribution in [1.82, 2.24) is 10.2 Å². The maximum absolute atomic E-state index is 12.5. The van der Waals surface area contributed by atoms with Crippen molar-refractivity contribution in [2.75, 3.05) is 12.4 Å². The minimum absolute atomic E-state index is 0.141. The van der Waals surface area contributed by atoms with Crippen molar-refractivity contribution >= 4 is 17.3 Å². The maximum Gasteiger partial charge on any atom is 0.255 e. The van der Waals surface area contributed by atoms with Crippen molar-refractivity contribution in [3.63, 3.8) is 0 Å². The summed E-state index contributed by atoms with van der Waals surface area (Å²) in [6.07, 6.45) is 8.55. The molecule has 0 aromatic heterocycles. The molecular formula is C22H21N3O2. The molecule has 5 heteroatoms. The predicted octanol–water partition coefficient (Wildman–Crippen LogP) is 3.95. The number of carbonyl (C=O) groups is 1. The number of carbonyl (C=O) groups excluding carboxylic acids is 1. The Hall–Kier alpha value is -3.47. The second-order valence-corrected chi connectivity index (χ2v) is 6.57. The predicted molar refractivity (Wildman–Crippen MR) is 107 cm³/mol. The third kappa shape index (κ3) is 3.58. The highest BCUT2D eigenvalue weighted by Crippen LogP contribution is 2.26. The third-order valence-electron chi connectivity index (χ3n) is 4.62. The van der Waals surface area contributed by atoms with Crippen LogP contribution in [-0.4, -0.2) is 24.1 Å². The van der Waals surface area contributed by atoms with E-state index in [1.165, 1.54) is 5.57 Å². The summed E-state index contributed by atoms with van der Waals surface area (Å²) in [5.41, 5.74) is 4.62. The van der Waals surface area contributed by atoms with Gasteiger partial charge < -0.3 is 20.3 Å². The van der Waals surface area contributed by atoms with Crippen LogP contribution >= 0.6 is 0 Å². The molecule has 2 aromatic carbocycles. The van der Waals surface area contributed by atoms with Gasteiger partial charge in [-0.2, -0.15) is 0 Å². The average molecular weight is 359 g/mol. The zero-order valence-corrected chi connectivity index (χ0v) is 15.3. The Morgan fingerprint density at radius 3 is 2.78 bits per heavy atom. The number of fused-ring (bicyclic) bond motifs is 1. The van der Waals surface area contributed by atoms with Gasteiger partial charge in [-0.05, 0) is 61.0 Å². The van der Waals surface area contributed by atoms with E-state index in [1.54, 1.807) is 31.4 Å². The van der Waals surface area contributed by atoms with Crippen LogP contribution in [0.1, 0.15) is 22.8 Å². The lowest BCUT2D eigenvalue weighted by Gasteiger charge is -2.22. The Balaban J connectivity index is 1.50. The molecule has 2 heterocycles. The van der Waals surface area contributed by atoms with Crippen molar-refractivity contribution in [2.45, 2.75) is 13.1 Å². The standard InChI is InChI=1S/C22H21N3O2/c1-15-10-11-25-14-20(24-21(25)12-15)17-4-3-5-18(13-17)23-22(26)16-6-8-19(27-2)9-7-16/h3-14,21,24H,1-2H3,(H,23,26). The lowest BCUT2D eigenvalue weighted by atomic mass is 10.1. The second kappa shape index (κ2) is 7.03. The zero-order chi connectivity index (χ0) is 18.8. The van der Waals surface area contributed by atoms with Crippen LogP contribution < -0.4 is 15.4 Å². The van der Waals surface area contributed by atoms with Crippen LogP contribution in [0.25, 0.3) is 5.70 Å². The van der Waals surface area contributed by atoms with Crippen molar-refractivity contribution < 1.29 is 9.53 Å². The molecule has 1 atom stereocenters. The summed E-state index contributed by atoms with van der Waals surface area (Å²) in [6, 6.07) is 14.9. The highest BCUT2D eigenvalue weighted by molar-refractivity contribution is 6.04. The fourth-order valence-corrected chi connectivity index (χ4v) is 3.14. The van der Waals surface area contributed by atoms with Crippen LogP contribution in [0.3, 0.4) is 0 Å². The summed E-state index contributed by atoms with van der Waals surface area (Å²) in [5.74, 6) is 0.574. The fraction of sp³-hybridized carbons (Fsp3) is 0.136. The average Bonchev–Trinajstić information content (AvgIpc) is 3.11. The van der Waals surface area contributed by atoms with E-state index in [9.17, 15) is 4.79 Å². The number of methoxy groups -OCH3 is 1. The van der Waals surface area contributed by atoms with E-state index < -0.39 is 0 Å². The number of rotatable bonds is 4. The van der Waals surface area contributed by atoms with Crippen LogP contribution in [-0.2, 0) is 0 Å². The molecule has 0 saturated carbocycles. The summed E-state index contributed by atoms with van der Waals surface area (Å²) in [4.78, 5) is 14.6. The first kappa shape index (κ1) is 17.0. The summed E-state index contributed by atoms with van der Waals surface area (Å²) in [6.45, 7) is 2.09. The number of amides is 1. The number of benzene rings is 2. The van der Waals surface area contributed by atoms with Crippen molar-refractivity contribution in [1.29, 1.82) is 0 Å². The van der Waals surface area contributed by atoms with Gasteiger partial charge in [0.05, 0.1) is 12.8 Å². The minimum atomic E-state index is -0.151. The highest BCUT2D eigenvalue weighted by Gasteiger charge is 2.23. The van der Waals surface area contributed by atoms with E-state index in [1.807, 2.05) is 24.3 Å². The van der Waals surface area contributed by atoms with Crippen LogP contribution in [0.4, 0.5) is 5.69 Å². The molecule has 2 aliphatic rings. The summed E-state index contributed by atoms with van der Waals surface area (Å²) in [5, 5.41) is 6.45. The van der Waals surface area contributed by atoms with Crippen LogP contribution in [0.5, 0.6) is 5.75 Å². The summed E-state index contributed by atoms with van der Waals surface area (Å²) < 4.78 is 5.13. The monoisotopic (exact) mass is 359 g/mol. The molecule has 136 valence electrons.